The Morgan fingerprint density at radius 2 is 1.78 bits per heavy atom. The van der Waals surface area contributed by atoms with Gasteiger partial charge in [-0.15, -0.1) is 0 Å². The van der Waals surface area contributed by atoms with E-state index in [1.807, 2.05) is 20.8 Å². The summed E-state index contributed by atoms with van der Waals surface area (Å²) in [6.45, 7) is 11.4. The Balaban J connectivity index is 1.66. The second-order valence-corrected chi connectivity index (χ2v) is 9.78. The molecule has 0 spiro atoms. The number of rotatable bonds is 7. The monoisotopic (exact) mass is 438 g/mol. The highest BCUT2D eigenvalue weighted by Gasteiger charge is 2.39. The molecule has 5 nitrogen and oxygen atoms in total. The number of alkyl carbamates (subject to hydrolysis) is 1. The van der Waals surface area contributed by atoms with Crippen LogP contribution in [0.3, 0.4) is 0 Å². The Hall–Kier alpha value is -2.53. The van der Waals surface area contributed by atoms with E-state index < -0.39 is 5.60 Å². The van der Waals surface area contributed by atoms with Crippen molar-refractivity contribution in [3.8, 4) is 5.75 Å². The van der Waals surface area contributed by atoms with E-state index in [2.05, 4.69) is 65.7 Å². The Morgan fingerprint density at radius 1 is 1.09 bits per heavy atom. The molecule has 0 saturated carbocycles. The minimum Gasteiger partial charge on any atom is -0.496 e. The number of benzene rings is 2. The molecular formula is C27H38N2O3. The summed E-state index contributed by atoms with van der Waals surface area (Å²) in [7, 11) is 1.76. The maximum atomic E-state index is 11.8. The molecule has 0 bridgehead atoms. The van der Waals surface area contributed by atoms with Crippen LogP contribution < -0.4 is 10.1 Å². The maximum absolute atomic E-state index is 11.8. The molecule has 1 aliphatic heterocycles. The second-order valence-electron chi connectivity index (χ2n) is 9.78. The number of carbonyl (C=O) groups excluding carboxylic acids is 1. The molecule has 5 heteroatoms. The average molecular weight is 439 g/mol. The topological polar surface area (TPSA) is 50.8 Å². The molecule has 1 saturated heterocycles. The number of ether oxygens (including phenoxy) is 2. The van der Waals surface area contributed by atoms with Crippen molar-refractivity contribution in [2.24, 2.45) is 0 Å². The Labute approximate surface area is 193 Å². The van der Waals surface area contributed by atoms with E-state index in [1.54, 1.807) is 7.11 Å². The largest absolute Gasteiger partial charge is 0.496 e. The van der Waals surface area contributed by atoms with E-state index in [0.29, 0.717) is 6.54 Å². The van der Waals surface area contributed by atoms with Gasteiger partial charge in [-0.2, -0.15) is 0 Å². The van der Waals surface area contributed by atoms with Crippen molar-refractivity contribution in [3.05, 3.63) is 65.2 Å². The fourth-order valence-electron chi connectivity index (χ4n) is 4.63. The summed E-state index contributed by atoms with van der Waals surface area (Å²) in [5.41, 5.74) is 3.39. The number of methoxy groups -OCH3 is 1. The van der Waals surface area contributed by atoms with Gasteiger partial charge in [-0.25, -0.2) is 4.79 Å². The fourth-order valence-corrected chi connectivity index (χ4v) is 4.63. The minimum absolute atomic E-state index is 0.0517. The van der Waals surface area contributed by atoms with Gasteiger partial charge < -0.3 is 19.7 Å². The van der Waals surface area contributed by atoms with E-state index >= 15 is 0 Å². The quantitative estimate of drug-likeness (QED) is 0.596. The number of piperidine rings is 1. The zero-order valence-electron chi connectivity index (χ0n) is 20.2. The summed E-state index contributed by atoms with van der Waals surface area (Å²) in [5.74, 6) is 0.967. The van der Waals surface area contributed by atoms with E-state index in [1.165, 1.54) is 16.7 Å². The van der Waals surface area contributed by atoms with Gasteiger partial charge in [-0.1, -0.05) is 48.0 Å². The molecule has 1 amide bonds. The first-order valence-electron chi connectivity index (χ1n) is 11.6. The SMILES string of the molecule is COc1ccc(C)cc1C1(c2ccccc2)CCN(CCCNC(=O)OC(C)(C)C)CC1. The standard InChI is InChI=1S/C27H38N2O3/c1-21-12-13-24(31-5)23(20-21)27(22-10-7-6-8-11-22)14-18-29(19-15-27)17-9-16-28-25(30)32-26(2,3)4/h6-8,10-13,20H,9,14-19H2,1-5H3,(H,28,30). The van der Waals surface area contributed by atoms with Crippen molar-refractivity contribution in [2.75, 3.05) is 33.3 Å². The highest BCUT2D eigenvalue weighted by Crippen LogP contribution is 2.45. The third-order valence-corrected chi connectivity index (χ3v) is 6.23. The van der Waals surface area contributed by atoms with Crippen molar-refractivity contribution in [3.63, 3.8) is 0 Å². The van der Waals surface area contributed by atoms with Crippen LogP contribution >= 0.6 is 0 Å². The van der Waals surface area contributed by atoms with Gasteiger partial charge in [0.05, 0.1) is 7.11 Å². The molecule has 0 radical (unpaired) electrons. The molecule has 32 heavy (non-hydrogen) atoms. The van der Waals surface area contributed by atoms with E-state index in [4.69, 9.17) is 9.47 Å². The van der Waals surface area contributed by atoms with Crippen LogP contribution in [0.15, 0.2) is 48.5 Å². The van der Waals surface area contributed by atoms with Gasteiger partial charge in [0, 0.05) is 17.5 Å². The summed E-state index contributed by atoms with van der Waals surface area (Å²) in [6, 6.07) is 17.4. The predicted molar refractivity (Wildman–Crippen MR) is 129 cm³/mol. The van der Waals surface area contributed by atoms with Crippen molar-refractivity contribution < 1.29 is 14.3 Å². The van der Waals surface area contributed by atoms with Crippen LogP contribution in [-0.4, -0.2) is 49.9 Å². The number of aryl methyl sites for hydroxylation is 1. The lowest BCUT2D eigenvalue weighted by atomic mass is 9.67. The zero-order valence-corrected chi connectivity index (χ0v) is 20.2. The number of nitrogens with one attached hydrogen (secondary N) is 1. The normalized spacial score (nSPS) is 16.4. The van der Waals surface area contributed by atoms with Gasteiger partial charge in [0.15, 0.2) is 0 Å². The number of hydrogen-bond donors (Lipinski definition) is 1. The van der Waals surface area contributed by atoms with Gasteiger partial charge in [-0.05, 0) is 78.2 Å². The molecule has 2 aromatic carbocycles. The van der Waals surface area contributed by atoms with Crippen molar-refractivity contribution in [2.45, 2.75) is 58.0 Å². The lowest BCUT2D eigenvalue weighted by Gasteiger charge is -2.43. The predicted octanol–water partition coefficient (Wildman–Crippen LogP) is 5.30. The highest BCUT2D eigenvalue weighted by molar-refractivity contribution is 5.67. The molecule has 0 atom stereocenters. The molecule has 0 aromatic heterocycles. The highest BCUT2D eigenvalue weighted by atomic mass is 16.6. The fraction of sp³-hybridized carbons (Fsp3) is 0.519. The van der Waals surface area contributed by atoms with E-state index in [9.17, 15) is 4.79 Å². The molecule has 0 aliphatic carbocycles. The van der Waals surface area contributed by atoms with Crippen LogP contribution in [0.25, 0.3) is 0 Å². The van der Waals surface area contributed by atoms with Gasteiger partial charge in [-0.3, -0.25) is 0 Å². The molecular weight excluding hydrogens is 400 g/mol. The van der Waals surface area contributed by atoms with Crippen LogP contribution in [0, 0.1) is 6.92 Å². The second kappa shape index (κ2) is 10.4. The summed E-state index contributed by atoms with van der Waals surface area (Å²) in [4.78, 5) is 14.3. The number of likely N-dealkylation sites (tertiary alicyclic amines) is 1. The summed E-state index contributed by atoms with van der Waals surface area (Å²) >= 11 is 0. The first-order chi connectivity index (χ1) is 15.2. The van der Waals surface area contributed by atoms with E-state index in [0.717, 1.165) is 44.6 Å². The van der Waals surface area contributed by atoms with Crippen LogP contribution in [0.5, 0.6) is 5.75 Å². The van der Waals surface area contributed by atoms with Crippen LogP contribution in [0.1, 0.15) is 56.7 Å². The van der Waals surface area contributed by atoms with Crippen LogP contribution in [0.4, 0.5) is 4.79 Å². The Bertz CT molecular complexity index is 882. The first-order valence-corrected chi connectivity index (χ1v) is 11.6. The third kappa shape index (κ3) is 6.04. The summed E-state index contributed by atoms with van der Waals surface area (Å²) in [5, 5.41) is 2.86. The average Bonchev–Trinajstić information content (AvgIpc) is 2.76. The lowest BCUT2D eigenvalue weighted by Crippen LogP contribution is -2.44. The van der Waals surface area contributed by atoms with E-state index in [-0.39, 0.29) is 11.5 Å². The summed E-state index contributed by atoms with van der Waals surface area (Å²) < 4.78 is 11.1. The smallest absolute Gasteiger partial charge is 0.407 e. The zero-order chi connectivity index (χ0) is 23.2. The first kappa shape index (κ1) is 24.1. The number of nitrogens with zero attached hydrogens (tertiary/aromatic N) is 1. The van der Waals surface area contributed by atoms with Crippen molar-refractivity contribution in [1.29, 1.82) is 0 Å². The molecule has 1 heterocycles. The Morgan fingerprint density at radius 3 is 2.41 bits per heavy atom. The molecule has 174 valence electrons. The van der Waals surface area contributed by atoms with Crippen molar-refractivity contribution in [1.82, 2.24) is 10.2 Å². The van der Waals surface area contributed by atoms with Gasteiger partial charge in [0.1, 0.15) is 11.4 Å². The summed E-state index contributed by atoms with van der Waals surface area (Å²) in [6.07, 6.45) is 2.64. The number of amides is 1. The van der Waals surface area contributed by atoms with Gasteiger partial charge in [0.25, 0.3) is 0 Å². The molecule has 3 rings (SSSR count). The lowest BCUT2D eigenvalue weighted by molar-refractivity contribution is 0.0525. The number of carbonyl (C=O) groups is 1. The molecule has 0 unspecified atom stereocenters. The van der Waals surface area contributed by atoms with Gasteiger partial charge in [0.2, 0.25) is 0 Å². The van der Waals surface area contributed by atoms with Crippen molar-refractivity contribution >= 4 is 6.09 Å². The van der Waals surface area contributed by atoms with Crippen LogP contribution in [0.2, 0.25) is 0 Å². The molecule has 1 aliphatic rings. The minimum atomic E-state index is -0.464. The number of hydrogen-bond acceptors (Lipinski definition) is 4. The molecule has 1 N–H and O–H groups in total. The Kier molecular flexibility index (Phi) is 7.83. The molecule has 1 fully saturated rings. The third-order valence-electron chi connectivity index (χ3n) is 6.23. The van der Waals surface area contributed by atoms with Crippen LogP contribution in [-0.2, 0) is 10.2 Å². The molecule has 2 aromatic rings. The van der Waals surface area contributed by atoms with Gasteiger partial charge >= 0.3 is 6.09 Å². The maximum Gasteiger partial charge on any atom is 0.407 e.